The van der Waals surface area contributed by atoms with E-state index in [0.29, 0.717) is 24.9 Å². The fourth-order valence-electron chi connectivity index (χ4n) is 2.42. The summed E-state index contributed by atoms with van der Waals surface area (Å²) < 4.78 is 13.5. The first-order valence-electron chi connectivity index (χ1n) is 8.07. The highest BCUT2D eigenvalue weighted by Crippen LogP contribution is 2.22. The van der Waals surface area contributed by atoms with E-state index in [9.17, 15) is 9.18 Å². The first-order valence-corrected chi connectivity index (χ1v) is 8.95. The predicted molar refractivity (Wildman–Crippen MR) is 96.8 cm³/mol. The largest absolute Gasteiger partial charge is 0.356 e. The number of aryl methyl sites for hydroxylation is 1. The van der Waals surface area contributed by atoms with Gasteiger partial charge in [0, 0.05) is 42.7 Å². The van der Waals surface area contributed by atoms with Gasteiger partial charge in [-0.3, -0.25) is 9.78 Å². The number of carbonyl (C=O) groups excluding carboxylic acids is 1. The topological polar surface area (TPSA) is 54.9 Å². The van der Waals surface area contributed by atoms with Crippen LogP contribution in [0.3, 0.4) is 0 Å². The van der Waals surface area contributed by atoms with E-state index in [0.717, 1.165) is 16.3 Å². The zero-order valence-electron chi connectivity index (χ0n) is 13.6. The number of pyridine rings is 1. The average molecular weight is 355 g/mol. The third-order valence-corrected chi connectivity index (χ3v) is 4.70. The molecule has 0 atom stereocenters. The Bertz CT molecular complexity index is 835. The van der Waals surface area contributed by atoms with Gasteiger partial charge in [-0.05, 0) is 30.2 Å². The van der Waals surface area contributed by atoms with Crippen LogP contribution in [-0.4, -0.2) is 22.4 Å². The van der Waals surface area contributed by atoms with Gasteiger partial charge in [0.25, 0.3) is 0 Å². The molecular weight excluding hydrogens is 337 g/mol. The Kier molecular flexibility index (Phi) is 5.85. The maximum absolute atomic E-state index is 13.5. The van der Waals surface area contributed by atoms with E-state index in [-0.39, 0.29) is 18.1 Å². The summed E-state index contributed by atoms with van der Waals surface area (Å²) in [5, 5.41) is 5.81. The molecule has 0 unspecified atom stereocenters. The Balaban J connectivity index is 1.43. The zero-order valence-corrected chi connectivity index (χ0v) is 14.4. The van der Waals surface area contributed by atoms with Crippen LogP contribution in [0.2, 0.25) is 0 Å². The van der Waals surface area contributed by atoms with E-state index in [1.807, 2.05) is 17.5 Å². The maximum atomic E-state index is 13.5. The normalized spacial score (nSPS) is 10.6. The highest BCUT2D eigenvalue weighted by Gasteiger charge is 2.07. The molecule has 0 spiro atoms. The zero-order chi connectivity index (χ0) is 17.5. The van der Waals surface area contributed by atoms with Crippen LogP contribution in [0.1, 0.15) is 17.7 Å². The number of nitrogens with zero attached hydrogens (tertiary/aromatic N) is 2. The van der Waals surface area contributed by atoms with Gasteiger partial charge in [-0.2, -0.15) is 0 Å². The number of hydrogen-bond donors (Lipinski definition) is 1. The molecule has 4 nitrogen and oxygen atoms in total. The molecular formula is C19H18FN3OS. The number of carbonyl (C=O) groups is 1. The third kappa shape index (κ3) is 4.93. The summed E-state index contributed by atoms with van der Waals surface area (Å²) in [5.74, 6) is -0.339. The minimum absolute atomic E-state index is 0.0761. The molecule has 1 amide bonds. The minimum Gasteiger partial charge on any atom is -0.356 e. The Morgan fingerprint density at radius 3 is 2.72 bits per heavy atom. The number of nitrogens with one attached hydrogen (secondary N) is 1. The standard InChI is InChI=1S/C19H18FN3OS/c20-17-4-2-1-3-14(17)5-6-18(24)22-12-9-16-13-25-19(23-16)15-7-10-21-11-8-15/h1-4,7-8,10-11,13H,5-6,9,12H2,(H,22,24). The van der Waals surface area contributed by atoms with Gasteiger partial charge in [-0.15, -0.1) is 11.3 Å². The Morgan fingerprint density at radius 2 is 1.92 bits per heavy atom. The van der Waals surface area contributed by atoms with Crippen LogP contribution in [0.5, 0.6) is 0 Å². The summed E-state index contributed by atoms with van der Waals surface area (Å²) >= 11 is 1.58. The second kappa shape index (κ2) is 8.48. The number of benzene rings is 1. The third-order valence-electron chi connectivity index (χ3n) is 3.76. The number of hydrogen-bond acceptors (Lipinski definition) is 4. The number of aromatic nitrogens is 2. The predicted octanol–water partition coefficient (Wildman–Crippen LogP) is 3.64. The summed E-state index contributed by atoms with van der Waals surface area (Å²) in [6.07, 6.45) is 4.84. The molecule has 0 bridgehead atoms. The molecule has 0 saturated carbocycles. The molecule has 0 saturated heterocycles. The fraction of sp³-hybridized carbons (Fsp3) is 0.211. The number of halogens is 1. The van der Waals surface area contributed by atoms with Crippen molar-refractivity contribution in [2.75, 3.05) is 6.54 Å². The van der Waals surface area contributed by atoms with Crippen molar-refractivity contribution in [2.24, 2.45) is 0 Å². The van der Waals surface area contributed by atoms with E-state index in [4.69, 9.17) is 0 Å². The summed E-state index contributed by atoms with van der Waals surface area (Å²) in [4.78, 5) is 20.5. The van der Waals surface area contributed by atoms with Gasteiger partial charge in [0.05, 0.1) is 5.69 Å². The van der Waals surface area contributed by atoms with Crippen LogP contribution in [0.25, 0.3) is 10.6 Å². The summed E-state index contributed by atoms with van der Waals surface area (Å²) in [6, 6.07) is 10.4. The number of thiazole rings is 1. The summed E-state index contributed by atoms with van der Waals surface area (Å²) in [6.45, 7) is 0.523. The van der Waals surface area contributed by atoms with E-state index >= 15 is 0 Å². The van der Waals surface area contributed by atoms with Gasteiger partial charge < -0.3 is 5.32 Å². The lowest BCUT2D eigenvalue weighted by molar-refractivity contribution is -0.121. The van der Waals surface area contributed by atoms with Gasteiger partial charge in [0.2, 0.25) is 5.91 Å². The first-order chi connectivity index (χ1) is 12.2. The van der Waals surface area contributed by atoms with Crippen LogP contribution < -0.4 is 5.32 Å². The maximum Gasteiger partial charge on any atom is 0.220 e. The molecule has 128 valence electrons. The molecule has 1 aromatic carbocycles. The van der Waals surface area contributed by atoms with Crippen molar-refractivity contribution >= 4 is 17.2 Å². The van der Waals surface area contributed by atoms with E-state index < -0.39 is 0 Å². The number of amides is 1. The van der Waals surface area contributed by atoms with Gasteiger partial charge >= 0.3 is 0 Å². The van der Waals surface area contributed by atoms with Crippen molar-refractivity contribution in [3.05, 3.63) is 71.2 Å². The van der Waals surface area contributed by atoms with Crippen LogP contribution in [0, 0.1) is 5.82 Å². The lowest BCUT2D eigenvalue weighted by atomic mass is 10.1. The van der Waals surface area contributed by atoms with Crippen LogP contribution in [0.15, 0.2) is 54.2 Å². The minimum atomic E-state index is -0.263. The molecule has 1 N–H and O–H groups in total. The lowest BCUT2D eigenvalue weighted by Gasteiger charge is -2.05. The number of rotatable bonds is 7. The first kappa shape index (κ1) is 17.2. The van der Waals surface area contributed by atoms with Crippen molar-refractivity contribution in [1.82, 2.24) is 15.3 Å². The van der Waals surface area contributed by atoms with Gasteiger partial charge in [0.1, 0.15) is 10.8 Å². The summed E-state index contributed by atoms with van der Waals surface area (Å²) in [7, 11) is 0. The second-order valence-corrected chi connectivity index (χ2v) is 6.43. The van der Waals surface area contributed by atoms with Gasteiger partial charge in [-0.1, -0.05) is 18.2 Å². The SMILES string of the molecule is O=C(CCc1ccccc1F)NCCc1csc(-c2ccncc2)n1. The fourth-order valence-corrected chi connectivity index (χ4v) is 3.28. The van der Waals surface area contributed by atoms with Crippen molar-refractivity contribution in [1.29, 1.82) is 0 Å². The Morgan fingerprint density at radius 1 is 1.12 bits per heavy atom. The van der Waals surface area contributed by atoms with Gasteiger partial charge in [0.15, 0.2) is 0 Å². The molecule has 3 rings (SSSR count). The lowest BCUT2D eigenvalue weighted by Crippen LogP contribution is -2.26. The molecule has 25 heavy (non-hydrogen) atoms. The molecule has 6 heteroatoms. The van der Waals surface area contributed by atoms with E-state index in [1.54, 1.807) is 41.9 Å². The molecule has 2 heterocycles. The van der Waals surface area contributed by atoms with Crippen molar-refractivity contribution in [3.63, 3.8) is 0 Å². The highest BCUT2D eigenvalue weighted by atomic mass is 32.1. The Hall–Kier alpha value is -2.60. The Labute approximate surface area is 149 Å². The quantitative estimate of drug-likeness (QED) is 0.704. The molecule has 0 aliphatic carbocycles. The molecule has 3 aromatic rings. The van der Waals surface area contributed by atoms with Crippen LogP contribution in [-0.2, 0) is 17.6 Å². The van der Waals surface area contributed by atoms with Gasteiger partial charge in [-0.25, -0.2) is 9.37 Å². The van der Waals surface area contributed by atoms with Crippen molar-refractivity contribution in [3.8, 4) is 10.6 Å². The molecule has 2 aromatic heterocycles. The molecule has 0 fully saturated rings. The van der Waals surface area contributed by atoms with E-state index in [2.05, 4.69) is 15.3 Å². The smallest absolute Gasteiger partial charge is 0.220 e. The van der Waals surface area contributed by atoms with E-state index in [1.165, 1.54) is 6.07 Å². The molecule has 0 aliphatic heterocycles. The van der Waals surface area contributed by atoms with Crippen LogP contribution in [0.4, 0.5) is 4.39 Å². The highest BCUT2D eigenvalue weighted by molar-refractivity contribution is 7.13. The molecule has 0 aliphatic rings. The second-order valence-electron chi connectivity index (χ2n) is 5.57. The average Bonchev–Trinajstić information content (AvgIpc) is 3.11. The van der Waals surface area contributed by atoms with Crippen LogP contribution >= 0.6 is 11.3 Å². The molecule has 0 radical (unpaired) electrons. The summed E-state index contributed by atoms with van der Waals surface area (Å²) in [5.41, 5.74) is 2.56. The van der Waals surface area contributed by atoms with Crippen molar-refractivity contribution < 1.29 is 9.18 Å². The monoisotopic (exact) mass is 355 g/mol. The van der Waals surface area contributed by atoms with Crippen molar-refractivity contribution in [2.45, 2.75) is 19.3 Å².